The summed E-state index contributed by atoms with van der Waals surface area (Å²) in [5.41, 5.74) is 3.90. The normalized spacial score (nSPS) is 11.7. The van der Waals surface area contributed by atoms with E-state index in [1.165, 1.54) is 41.8 Å². The van der Waals surface area contributed by atoms with E-state index in [2.05, 4.69) is 35.2 Å². The SMILES string of the molecule is C=CC(=O)OCCC(=O)OC(COC(=O)C=C)COc1ccc(C(=O)Oc2ccc(CCOC(=O)c3ccc(OC(C)(C)CC(C)(C)OC(=O)C=C)cc3)cc2/C=N/Nc2nc3ccccc3s2)cc1. The van der Waals surface area contributed by atoms with Crippen LogP contribution in [-0.4, -0.2) is 90.7 Å². The molecule has 4 aromatic carbocycles. The van der Waals surface area contributed by atoms with Crippen molar-refractivity contribution in [2.75, 3.05) is 31.9 Å². The molecule has 5 rings (SSSR count). The Labute approximate surface area is 408 Å². The maximum Gasteiger partial charge on any atom is 0.343 e. The standard InChI is InChI=1S/C52H53N3O14S/c1-8-44(56)62-28-26-47(59)66-40(32-65-45(57)9-2)31-64-38-20-16-36(17-21-38)49(61)67-42-24-15-34(29-37(42)30-53-55-50-54-41-13-11-12-14-43(41)70-50)25-27-63-48(60)35-18-22-39(23-19-35)68-51(4,5)33-52(6,7)69-46(58)10-3/h8-24,29-30,40H,1-3,25-28,31-33H2,4-7H3,(H,54,55)/b53-30+. The van der Waals surface area contributed by atoms with E-state index < -0.39 is 53.1 Å². The summed E-state index contributed by atoms with van der Waals surface area (Å²) in [6.07, 6.45) is 3.93. The van der Waals surface area contributed by atoms with E-state index in [9.17, 15) is 28.8 Å². The Morgan fingerprint density at radius 1 is 0.729 bits per heavy atom. The maximum absolute atomic E-state index is 13.5. The van der Waals surface area contributed by atoms with Crippen LogP contribution in [0.15, 0.2) is 134 Å². The van der Waals surface area contributed by atoms with Gasteiger partial charge in [-0.25, -0.2) is 29.0 Å². The van der Waals surface area contributed by atoms with Crippen molar-refractivity contribution in [3.63, 3.8) is 0 Å². The third-order valence-corrected chi connectivity index (χ3v) is 10.5. The molecule has 5 aromatic rings. The van der Waals surface area contributed by atoms with Gasteiger partial charge in [-0.05, 0) is 106 Å². The molecule has 366 valence electrons. The van der Waals surface area contributed by atoms with Crippen molar-refractivity contribution in [1.82, 2.24) is 4.98 Å². The lowest BCUT2D eigenvalue weighted by Crippen LogP contribution is -2.40. The molecule has 0 aliphatic rings. The van der Waals surface area contributed by atoms with Gasteiger partial charge in [-0.2, -0.15) is 5.10 Å². The molecule has 0 spiro atoms. The van der Waals surface area contributed by atoms with Gasteiger partial charge in [-0.3, -0.25) is 10.2 Å². The molecule has 70 heavy (non-hydrogen) atoms. The largest absolute Gasteiger partial charge is 0.490 e. The zero-order valence-electron chi connectivity index (χ0n) is 39.1. The molecule has 1 unspecified atom stereocenters. The fraction of sp³-hybridized carbons (Fsp3) is 0.269. The summed E-state index contributed by atoms with van der Waals surface area (Å²) in [4.78, 5) is 78.2. The second-order valence-corrected chi connectivity index (χ2v) is 17.4. The lowest BCUT2D eigenvalue weighted by Gasteiger charge is -2.34. The van der Waals surface area contributed by atoms with Gasteiger partial charge < -0.3 is 37.9 Å². The summed E-state index contributed by atoms with van der Waals surface area (Å²) in [6, 6.07) is 25.3. The Kier molecular flexibility index (Phi) is 19.1. The summed E-state index contributed by atoms with van der Waals surface area (Å²) < 4.78 is 45.0. The van der Waals surface area contributed by atoms with Crippen molar-refractivity contribution in [1.29, 1.82) is 0 Å². The molecule has 17 nitrogen and oxygen atoms in total. The van der Waals surface area contributed by atoms with Crippen molar-refractivity contribution in [3.05, 3.63) is 151 Å². The highest BCUT2D eigenvalue weighted by atomic mass is 32.1. The van der Waals surface area contributed by atoms with Gasteiger partial charge >= 0.3 is 35.8 Å². The van der Waals surface area contributed by atoms with Gasteiger partial charge in [0.25, 0.3) is 0 Å². The minimum absolute atomic E-state index is 0.0348. The van der Waals surface area contributed by atoms with E-state index in [0.717, 1.165) is 34.0 Å². The first kappa shape index (κ1) is 52.8. The summed E-state index contributed by atoms with van der Waals surface area (Å²) in [6.45, 7) is 16.6. The average Bonchev–Trinajstić information content (AvgIpc) is 3.75. The number of esters is 6. The third-order valence-electron chi connectivity index (χ3n) is 9.56. The van der Waals surface area contributed by atoms with Crippen LogP contribution in [0.4, 0.5) is 5.13 Å². The highest BCUT2D eigenvalue weighted by Crippen LogP contribution is 2.30. The smallest absolute Gasteiger partial charge is 0.343 e. The molecular formula is C52H53N3O14S. The molecule has 0 saturated heterocycles. The van der Waals surface area contributed by atoms with Crippen LogP contribution in [-0.2, 0) is 49.3 Å². The number of benzene rings is 4. The summed E-state index contributed by atoms with van der Waals surface area (Å²) >= 11 is 1.42. The quantitative estimate of drug-likeness (QED) is 0.0137. The molecular weight excluding hydrogens is 923 g/mol. The number of thiazole rings is 1. The molecule has 0 aliphatic heterocycles. The van der Waals surface area contributed by atoms with Crippen LogP contribution in [0, 0.1) is 0 Å². The van der Waals surface area contributed by atoms with Crippen LogP contribution in [0.5, 0.6) is 17.2 Å². The Balaban J connectivity index is 1.21. The zero-order chi connectivity index (χ0) is 50.7. The Morgan fingerprint density at radius 3 is 2.07 bits per heavy atom. The predicted octanol–water partition coefficient (Wildman–Crippen LogP) is 8.56. The van der Waals surface area contributed by atoms with Crippen molar-refractivity contribution in [3.8, 4) is 17.2 Å². The van der Waals surface area contributed by atoms with Gasteiger partial charge in [-0.15, -0.1) is 0 Å². The topological polar surface area (TPSA) is 214 Å². The van der Waals surface area contributed by atoms with Crippen LogP contribution in [0.2, 0.25) is 0 Å². The number of rotatable bonds is 26. The molecule has 1 heterocycles. The number of carbonyl (C=O) groups is 6. The van der Waals surface area contributed by atoms with Crippen LogP contribution in [0.25, 0.3) is 10.2 Å². The van der Waals surface area contributed by atoms with Gasteiger partial charge in [0.05, 0.1) is 40.6 Å². The van der Waals surface area contributed by atoms with Crippen LogP contribution >= 0.6 is 11.3 Å². The molecule has 0 amide bonds. The first-order chi connectivity index (χ1) is 33.4. The van der Waals surface area contributed by atoms with Gasteiger partial charge in [0.1, 0.15) is 48.3 Å². The number of anilines is 1. The number of fused-ring (bicyclic) bond motifs is 1. The lowest BCUT2D eigenvalue weighted by molar-refractivity contribution is -0.160. The molecule has 0 bridgehead atoms. The number of para-hydroxylation sites is 1. The molecule has 0 radical (unpaired) electrons. The first-order valence-electron chi connectivity index (χ1n) is 21.8. The second-order valence-electron chi connectivity index (χ2n) is 16.4. The zero-order valence-corrected chi connectivity index (χ0v) is 40.0. The second kappa shape index (κ2) is 25.3. The van der Waals surface area contributed by atoms with E-state index in [4.69, 9.17) is 37.9 Å². The Bertz CT molecular complexity index is 2680. The Hall–Kier alpha value is -8.12. The van der Waals surface area contributed by atoms with Gasteiger partial charge in [0, 0.05) is 36.6 Å². The number of hydrazone groups is 1. The lowest BCUT2D eigenvalue weighted by atomic mass is 9.92. The Morgan fingerprint density at radius 2 is 1.39 bits per heavy atom. The maximum atomic E-state index is 13.5. The number of ether oxygens (including phenoxy) is 8. The highest BCUT2D eigenvalue weighted by molar-refractivity contribution is 7.22. The van der Waals surface area contributed by atoms with Crippen molar-refractivity contribution >= 4 is 68.7 Å². The molecule has 0 fully saturated rings. The first-order valence-corrected chi connectivity index (χ1v) is 22.6. The van der Waals surface area contributed by atoms with E-state index in [1.807, 2.05) is 38.1 Å². The van der Waals surface area contributed by atoms with E-state index in [0.29, 0.717) is 40.6 Å². The van der Waals surface area contributed by atoms with Crippen molar-refractivity contribution in [2.24, 2.45) is 5.10 Å². The molecule has 1 aromatic heterocycles. The molecule has 18 heteroatoms. The monoisotopic (exact) mass is 975 g/mol. The van der Waals surface area contributed by atoms with Gasteiger partial charge in [0.15, 0.2) is 6.10 Å². The van der Waals surface area contributed by atoms with Crippen LogP contribution in [0.1, 0.15) is 72.4 Å². The summed E-state index contributed by atoms with van der Waals surface area (Å²) in [5, 5.41) is 4.92. The molecule has 1 atom stereocenters. The highest BCUT2D eigenvalue weighted by Gasteiger charge is 2.33. The van der Waals surface area contributed by atoms with E-state index >= 15 is 0 Å². The van der Waals surface area contributed by atoms with E-state index in [1.54, 1.807) is 56.3 Å². The van der Waals surface area contributed by atoms with E-state index in [-0.39, 0.29) is 44.2 Å². The summed E-state index contributed by atoms with van der Waals surface area (Å²) in [7, 11) is 0. The number of hydrogen-bond acceptors (Lipinski definition) is 18. The average molecular weight is 976 g/mol. The van der Waals surface area contributed by atoms with Crippen molar-refractivity contribution in [2.45, 2.75) is 64.3 Å². The van der Waals surface area contributed by atoms with Gasteiger partial charge in [-0.1, -0.05) is 49.3 Å². The summed E-state index contributed by atoms with van der Waals surface area (Å²) in [5.74, 6) is -2.92. The number of hydrogen-bond donors (Lipinski definition) is 1. The fourth-order valence-corrected chi connectivity index (χ4v) is 7.50. The molecule has 0 aliphatic carbocycles. The predicted molar refractivity (Wildman–Crippen MR) is 261 cm³/mol. The van der Waals surface area contributed by atoms with Crippen molar-refractivity contribution < 1.29 is 66.7 Å². The minimum Gasteiger partial charge on any atom is -0.490 e. The number of nitrogens with one attached hydrogen (secondary N) is 1. The third kappa shape index (κ3) is 17.2. The van der Waals surface area contributed by atoms with Crippen LogP contribution in [0.3, 0.4) is 0 Å². The molecule has 0 saturated carbocycles. The number of nitrogens with zero attached hydrogens (tertiary/aromatic N) is 2. The van der Waals surface area contributed by atoms with Crippen LogP contribution < -0.4 is 19.6 Å². The number of carbonyl (C=O) groups excluding carboxylic acids is 6. The fourth-order valence-electron chi connectivity index (χ4n) is 6.68. The number of aromatic nitrogens is 1. The minimum atomic E-state index is -1.03. The van der Waals surface area contributed by atoms with Gasteiger partial charge in [0.2, 0.25) is 5.13 Å². The molecule has 1 N–H and O–H groups in total.